The van der Waals surface area contributed by atoms with Crippen LogP contribution in [0.1, 0.15) is 17.3 Å². The second kappa shape index (κ2) is 9.33. The van der Waals surface area contributed by atoms with Gasteiger partial charge in [-0.2, -0.15) is 0 Å². The van der Waals surface area contributed by atoms with Gasteiger partial charge in [0, 0.05) is 16.8 Å². The Labute approximate surface area is 193 Å². The number of rotatable bonds is 5. The second-order valence-corrected chi connectivity index (χ2v) is 7.51. The molecule has 0 aliphatic heterocycles. The van der Waals surface area contributed by atoms with Crippen molar-refractivity contribution in [3.8, 4) is 17.2 Å². The molecule has 32 heavy (non-hydrogen) atoms. The van der Waals surface area contributed by atoms with Gasteiger partial charge in [-0.1, -0.05) is 17.7 Å². The minimum atomic E-state index is -0.414. The average Bonchev–Trinajstić information content (AvgIpc) is 3.18. The SMILES string of the molecule is CCOc1ccc(C(=O)NC(=S)Nc2ccc3oc(-c4cccc(F)c4)nc3c2)cc1Cl. The van der Waals surface area contributed by atoms with Crippen LogP contribution in [0, 0.1) is 5.82 Å². The van der Waals surface area contributed by atoms with Crippen LogP contribution in [0.3, 0.4) is 0 Å². The molecule has 9 heteroatoms. The summed E-state index contributed by atoms with van der Waals surface area (Å²) in [6.45, 7) is 2.32. The van der Waals surface area contributed by atoms with Gasteiger partial charge >= 0.3 is 0 Å². The molecule has 0 unspecified atom stereocenters. The molecule has 0 saturated heterocycles. The molecule has 0 bridgehead atoms. The van der Waals surface area contributed by atoms with Crippen molar-refractivity contribution >= 4 is 51.6 Å². The van der Waals surface area contributed by atoms with E-state index in [0.29, 0.717) is 51.2 Å². The van der Waals surface area contributed by atoms with Crippen LogP contribution in [0.25, 0.3) is 22.6 Å². The lowest BCUT2D eigenvalue weighted by molar-refractivity contribution is 0.0977. The third-order valence-electron chi connectivity index (χ3n) is 4.44. The highest BCUT2D eigenvalue weighted by molar-refractivity contribution is 7.80. The number of hydrogen-bond donors (Lipinski definition) is 2. The highest BCUT2D eigenvalue weighted by Gasteiger charge is 2.13. The van der Waals surface area contributed by atoms with E-state index in [9.17, 15) is 9.18 Å². The first-order valence-corrected chi connectivity index (χ1v) is 10.4. The summed E-state index contributed by atoms with van der Waals surface area (Å²) in [5.74, 6) is 0.0234. The van der Waals surface area contributed by atoms with E-state index >= 15 is 0 Å². The van der Waals surface area contributed by atoms with Crippen molar-refractivity contribution in [3.05, 3.63) is 77.1 Å². The Hall–Kier alpha value is -3.49. The predicted molar refractivity (Wildman–Crippen MR) is 126 cm³/mol. The molecule has 0 radical (unpaired) electrons. The number of thiocarbonyl (C=S) groups is 1. The van der Waals surface area contributed by atoms with E-state index in [1.165, 1.54) is 18.2 Å². The molecule has 0 aliphatic carbocycles. The van der Waals surface area contributed by atoms with E-state index in [1.807, 2.05) is 6.92 Å². The lowest BCUT2D eigenvalue weighted by atomic mass is 10.2. The number of aromatic nitrogens is 1. The predicted octanol–water partition coefficient (Wildman–Crippen LogP) is 5.81. The minimum absolute atomic E-state index is 0.105. The van der Waals surface area contributed by atoms with Gasteiger partial charge < -0.3 is 14.5 Å². The van der Waals surface area contributed by atoms with E-state index < -0.39 is 5.91 Å². The molecular formula is C23H17ClFN3O3S. The molecule has 1 amide bonds. The summed E-state index contributed by atoms with van der Waals surface area (Å²) in [5, 5.41) is 5.99. The number of nitrogens with one attached hydrogen (secondary N) is 2. The summed E-state index contributed by atoms with van der Waals surface area (Å²) in [7, 11) is 0. The van der Waals surface area contributed by atoms with Crippen LogP contribution >= 0.6 is 23.8 Å². The summed E-state index contributed by atoms with van der Waals surface area (Å²) in [6.07, 6.45) is 0. The molecule has 0 aliphatic rings. The summed E-state index contributed by atoms with van der Waals surface area (Å²) < 4.78 is 24.5. The van der Waals surface area contributed by atoms with Crippen LogP contribution in [0.4, 0.5) is 10.1 Å². The van der Waals surface area contributed by atoms with Gasteiger partial charge in [0.2, 0.25) is 5.89 Å². The number of benzene rings is 3. The summed E-state index contributed by atoms with van der Waals surface area (Å²) in [6, 6.07) is 15.9. The van der Waals surface area contributed by atoms with Crippen molar-refractivity contribution in [1.29, 1.82) is 0 Å². The number of carbonyl (C=O) groups excluding carboxylic acids is 1. The fraction of sp³-hybridized carbons (Fsp3) is 0.0870. The first-order valence-electron chi connectivity index (χ1n) is 9.64. The number of anilines is 1. The molecule has 0 spiro atoms. The second-order valence-electron chi connectivity index (χ2n) is 6.70. The average molecular weight is 470 g/mol. The van der Waals surface area contributed by atoms with Crippen LogP contribution < -0.4 is 15.4 Å². The van der Waals surface area contributed by atoms with Crippen LogP contribution in [-0.2, 0) is 0 Å². The minimum Gasteiger partial charge on any atom is -0.492 e. The molecule has 4 rings (SSSR count). The van der Waals surface area contributed by atoms with Crippen molar-refractivity contribution in [2.45, 2.75) is 6.92 Å². The quantitative estimate of drug-likeness (QED) is 0.359. The highest BCUT2D eigenvalue weighted by atomic mass is 35.5. The van der Waals surface area contributed by atoms with Crippen LogP contribution in [0.2, 0.25) is 5.02 Å². The molecule has 1 aromatic heterocycles. The molecule has 4 aromatic rings. The Morgan fingerprint density at radius 1 is 1.19 bits per heavy atom. The lowest BCUT2D eigenvalue weighted by Gasteiger charge is -2.11. The smallest absolute Gasteiger partial charge is 0.257 e. The van der Waals surface area contributed by atoms with Crippen molar-refractivity contribution in [3.63, 3.8) is 0 Å². The Bertz CT molecular complexity index is 1330. The normalized spacial score (nSPS) is 10.7. The molecular weight excluding hydrogens is 453 g/mol. The largest absolute Gasteiger partial charge is 0.492 e. The van der Waals surface area contributed by atoms with E-state index in [1.54, 1.807) is 42.5 Å². The number of halogens is 2. The van der Waals surface area contributed by atoms with Gasteiger partial charge in [0.05, 0.1) is 11.6 Å². The molecule has 162 valence electrons. The Morgan fingerprint density at radius 3 is 2.78 bits per heavy atom. The van der Waals surface area contributed by atoms with Gasteiger partial charge in [-0.25, -0.2) is 9.37 Å². The van der Waals surface area contributed by atoms with E-state index in [2.05, 4.69) is 15.6 Å². The topological polar surface area (TPSA) is 76.4 Å². The fourth-order valence-electron chi connectivity index (χ4n) is 3.00. The zero-order valence-electron chi connectivity index (χ0n) is 16.8. The Kier molecular flexibility index (Phi) is 6.34. The van der Waals surface area contributed by atoms with Crippen molar-refractivity contribution in [1.82, 2.24) is 10.3 Å². The molecule has 3 aromatic carbocycles. The fourth-order valence-corrected chi connectivity index (χ4v) is 3.45. The Morgan fingerprint density at radius 2 is 2.03 bits per heavy atom. The maximum atomic E-state index is 13.5. The maximum Gasteiger partial charge on any atom is 0.257 e. The maximum absolute atomic E-state index is 13.5. The van der Waals surface area contributed by atoms with E-state index in [-0.39, 0.29) is 10.9 Å². The summed E-state index contributed by atoms with van der Waals surface area (Å²) >= 11 is 11.4. The Balaban J connectivity index is 1.45. The van der Waals surface area contributed by atoms with Crippen LogP contribution in [-0.4, -0.2) is 22.6 Å². The van der Waals surface area contributed by atoms with Crippen LogP contribution in [0.15, 0.2) is 65.1 Å². The zero-order chi connectivity index (χ0) is 22.7. The number of hydrogen-bond acceptors (Lipinski definition) is 5. The summed E-state index contributed by atoms with van der Waals surface area (Å²) in [5.41, 5.74) is 2.57. The van der Waals surface area contributed by atoms with Gasteiger partial charge in [0.1, 0.15) is 17.1 Å². The third kappa shape index (κ3) is 4.87. The molecule has 0 saturated carbocycles. The number of carbonyl (C=O) groups is 1. The van der Waals surface area contributed by atoms with Gasteiger partial charge in [-0.15, -0.1) is 0 Å². The zero-order valence-corrected chi connectivity index (χ0v) is 18.4. The lowest BCUT2D eigenvalue weighted by Crippen LogP contribution is -2.34. The monoisotopic (exact) mass is 469 g/mol. The number of oxazole rings is 1. The van der Waals surface area contributed by atoms with E-state index in [0.717, 1.165) is 0 Å². The molecule has 0 fully saturated rings. The number of ether oxygens (including phenoxy) is 1. The molecule has 6 nitrogen and oxygen atoms in total. The number of fused-ring (bicyclic) bond motifs is 1. The van der Waals surface area contributed by atoms with Crippen molar-refractivity contribution in [2.75, 3.05) is 11.9 Å². The van der Waals surface area contributed by atoms with Crippen LogP contribution in [0.5, 0.6) is 5.75 Å². The van der Waals surface area contributed by atoms with Crippen molar-refractivity contribution < 1.29 is 18.3 Å². The van der Waals surface area contributed by atoms with E-state index in [4.69, 9.17) is 33.0 Å². The van der Waals surface area contributed by atoms with Crippen molar-refractivity contribution in [2.24, 2.45) is 0 Å². The molecule has 1 heterocycles. The summed E-state index contributed by atoms with van der Waals surface area (Å²) in [4.78, 5) is 16.9. The van der Waals surface area contributed by atoms with Gasteiger partial charge in [-0.05, 0) is 73.7 Å². The first-order chi connectivity index (χ1) is 15.4. The standard InChI is InChI=1S/C23H17ClFN3O3S/c1-2-30-19-8-6-13(11-17(19)24)21(29)28-23(32)26-16-7-9-20-18(12-16)27-22(31-20)14-4-3-5-15(25)10-14/h3-12H,2H2,1H3,(H2,26,28,29,32). The van der Waals surface area contributed by atoms with Gasteiger partial charge in [0.25, 0.3) is 5.91 Å². The van der Waals surface area contributed by atoms with Gasteiger partial charge in [-0.3, -0.25) is 10.1 Å². The third-order valence-corrected chi connectivity index (χ3v) is 4.94. The number of amides is 1. The molecule has 0 atom stereocenters. The molecule has 2 N–H and O–H groups in total. The van der Waals surface area contributed by atoms with Gasteiger partial charge in [0.15, 0.2) is 10.7 Å². The highest BCUT2D eigenvalue weighted by Crippen LogP contribution is 2.27. The number of nitrogens with zero attached hydrogens (tertiary/aromatic N) is 1. The first kappa shape index (κ1) is 21.7.